The van der Waals surface area contributed by atoms with Gasteiger partial charge in [-0.1, -0.05) is 11.6 Å². The van der Waals surface area contributed by atoms with Gasteiger partial charge >= 0.3 is 5.97 Å². The average molecular weight is 350 g/mol. The number of halogens is 1. The second-order valence-electron chi connectivity index (χ2n) is 5.59. The Bertz CT molecular complexity index is 764. The first-order chi connectivity index (χ1) is 11.5. The van der Waals surface area contributed by atoms with Crippen LogP contribution in [-0.2, 0) is 0 Å². The number of amides is 1. The van der Waals surface area contributed by atoms with Gasteiger partial charge in [0.15, 0.2) is 5.76 Å². The van der Waals surface area contributed by atoms with E-state index in [0.29, 0.717) is 16.5 Å². The molecule has 0 radical (unpaired) electrons. The van der Waals surface area contributed by atoms with Crippen LogP contribution in [0.5, 0.6) is 5.75 Å². The van der Waals surface area contributed by atoms with Gasteiger partial charge in [0.25, 0.3) is 5.91 Å². The number of aromatic carboxylic acids is 1. The van der Waals surface area contributed by atoms with Crippen molar-refractivity contribution in [2.24, 2.45) is 0 Å². The van der Waals surface area contributed by atoms with E-state index in [4.69, 9.17) is 25.9 Å². The van der Waals surface area contributed by atoms with Gasteiger partial charge in [-0.25, -0.2) is 4.79 Å². The smallest absolute Gasteiger partial charge is 0.371 e. The first kappa shape index (κ1) is 16.4. The third-order valence-electron chi connectivity index (χ3n) is 3.83. The normalized spacial score (nSPS) is 14.5. The summed E-state index contributed by atoms with van der Waals surface area (Å²) in [6.45, 7) is 0. The summed E-state index contributed by atoms with van der Waals surface area (Å²) in [6.07, 6.45) is 4.58. The number of hydrogen-bond acceptors (Lipinski definition) is 4. The summed E-state index contributed by atoms with van der Waals surface area (Å²) in [6, 6.07) is 7.50. The molecule has 3 rings (SSSR count). The fourth-order valence-corrected chi connectivity index (χ4v) is 2.85. The van der Waals surface area contributed by atoms with Crippen molar-refractivity contribution in [2.75, 3.05) is 5.32 Å². The number of furan rings is 1. The highest BCUT2D eigenvalue weighted by Gasteiger charge is 2.19. The number of hydrogen-bond donors (Lipinski definition) is 2. The van der Waals surface area contributed by atoms with Crippen LogP contribution in [0.25, 0.3) is 0 Å². The van der Waals surface area contributed by atoms with E-state index in [-0.39, 0.29) is 17.6 Å². The lowest BCUT2D eigenvalue weighted by Gasteiger charge is -2.15. The molecule has 1 amide bonds. The number of carbonyl (C=O) groups is 2. The molecule has 1 saturated carbocycles. The molecule has 0 spiro atoms. The van der Waals surface area contributed by atoms with Crippen molar-refractivity contribution in [1.29, 1.82) is 0 Å². The van der Waals surface area contributed by atoms with Gasteiger partial charge in [-0.05, 0) is 56.0 Å². The fourth-order valence-electron chi connectivity index (χ4n) is 2.63. The van der Waals surface area contributed by atoms with Gasteiger partial charge in [-0.2, -0.15) is 0 Å². The van der Waals surface area contributed by atoms with Gasteiger partial charge in [0.1, 0.15) is 5.75 Å². The molecule has 126 valence electrons. The van der Waals surface area contributed by atoms with E-state index in [2.05, 4.69) is 5.32 Å². The number of ether oxygens (including phenoxy) is 1. The van der Waals surface area contributed by atoms with E-state index < -0.39 is 11.9 Å². The number of nitrogens with one attached hydrogen (secondary N) is 1. The van der Waals surface area contributed by atoms with Gasteiger partial charge in [-0.3, -0.25) is 4.79 Å². The van der Waals surface area contributed by atoms with Crippen molar-refractivity contribution in [3.8, 4) is 5.75 Å². The summed E-state index contributed by atoms with van der Waals surface area (Å²) < 4.78 is 10.8. The SMILES string of the molecule is O=C(O)c1ccc(C(=O)Nc2ccc(OC3CCCC3)c(Cl)c2)o1. The van der Waals surface area contributed by atoms with Crippen LogP contribution < -0.4 is 10.1 Å². The summed E-state index contributed by atoms with van der Waals surface area (Å²) in [4.78, 5) is 22.8. The van der Waals surface area contributed by atoms with Gasteiger partial charge in [0.2, 0.25) is 5.76 Å². The molecule has 1 fully saturated rings. The predicted octanol–water partition coefficient (Wildman–Crippen LogP) is 4.20. The molecule has 2 aromatic rings. The van der Waals surface area contributed by atoms with Crippen LogP contribution in [0.3, 0.4) is 0 Å². The summed E-state index contributed by atoms with van der Waals surface area (Å²) in [7, 11) is 0. The number of carboxylic acids is 1. The predicted molar refractivity (Wildman–Crippen MR) is 88.0 cm³/mol. The van der Waals surface area contributed by atoms with Crippen LogP contribution in [0.2, 0.25) is 5.02 Å². The number of anilines is 1. The quantitative estimate of drug-likeness (QED) is 0.844. The Morgan fingerprint density at radius 3 is 2.50 bits per heavy atom. The zero-order valence-corrected chi connectivity index (χ0v) is 13.5. The molecule has 2 N–H and O–H groups in total. The molecular weight excluding hydrogens is 334 g/mol. The molecule has 0 bridgehead atoms. The maximum absolute atomic E-state index is 12.1. The highest BCUT2D eigenvalue weighted by atomic mass is 35.5. The molecule has 0 unspecified atom stereocenters. The van der Waals surface area contributed by atoms with Crippen LogP contribution in [0.4, 0.5) is 5.69 Å². The molecule has 24 heavy (non-hydrogen) atoms. The Labute approximate surface area is 143 Å². The Morgan fingerprint density at radius 1 is 1.17 bits per heavy atom. The molecule has 1 aliphatic rings. The lowest BCUT2D eigenvalue weighted by Crippen LogP contribution is -2.12. The molecular formula is C17H16ClNO5. The van der Waals surface area contributed by atoms with Crippen LogP contribution >= 0.6 is 11.6 Å². The fraction of sp³-hybridized carbons (Fsp3) is 0.294. The van der Waals surface area contributed by atoms with Gasteiger partial charge in [0.05, 0.1) is 11.1 Å². The first-order valence-electron chi connectivity index (χ1n) is 7.63. The van der Waals surface area contributed by atoms with Crippen molar-refractivity contribution in [3.63, 3.8) is 0 Å². The van der Waals surface area contributed by atoms with E-state index in [1.54, 1.807) is 18.2 Å². The largest absolute Gasteiger partial charge is 0.489 e. The monoisotopic (exact) mass is 349 g/mol. The molecule has 1 aromatic heterocycles. The van der Waals surface area contributed by atoms with Gasteiger partial charge < -0.3 is 19.6 Å². The number of carboxylic acid groups (broad SMARTS) is 1. The third-order valence-corrected chi connectivity index (χ3v) is 4.12. The van der Waals surface area contributed by atoms with Crippen LogP contribution in [-0.4, -0.2) is 23.1 Å². The molecule has 0 saturated heterocycles. The van der Waals surface area contributed by atoms with Crippen LogP contribution in [0.1, 0.15) is 46.8 Å². The minimum absolute atomic E-state index is 0.0881. The molecule has 1 aliphatic carbocycles. The zero-order valence-electron chi connectivity index (χ0n) is 12.8. The summed E-state index contributed by atoms with van der Waals surface area (Å²) in [5.41, 5.74) is 0.469. The Kier molecular flexibility index (Phi) is 4.76. The van der Waals surface area contributed by atoms with Crippen molar-refractivity contribution in [1.82, 2.24) is 0 Å². The molecule has 0 atom stereocenters. The maximum Gasteiger partial charge on any atom is 0.371 e. The summed E-state index contributed by atoms with van der Waals surface area (Å²) >= 11 is 6.21. The molecule has 6 nitrogen and oxygen atoms in total. The first-order valence-corrected chi connectivity index (χ1v) is 8.01. The molecule has 1 aromatic carbocycles. The highest BCUT2D eigenvalue weighted by molar-refractivity contribution is 6.32. The summed E-state index contributed by atoms with van der Waals surface area (Å²) in [5, 5.41) is 11.8. The number of rotatable bonds is 5. The summed E-state index contributed by atoms with van der Waals surface area (Å²) in [5.74, 6) is -1.57. The minimum Gasteiger partial charge on any atom is -0.489 e. The standard InChI is InChI=1S/C17H16ClNO5/c18-12-9-10(5-6-13(12)23-11-3-1-2-4-11)19-16(20)14-7-8-15(24-14)17(21)22/h5-9,11H,1-4H2,(H,19,20)(H,21,22). The second-order valence-corrected chi connectivity index (χ2v) is 6.00. The molecule has 1 heterocycles. The Hall–Kier alpha value is -2.47. The van der Waals surface area contributed by atoms with E-state index >= 15 is 0 Å². The van der Waals surface area contributed by atoms with E-state index in [1.807, 2.05) is 0 Å². The van der Waals surface area contributed by atoms with Crippen molar-refractivity contribution >= 4 is 29.2 Å². The Balaban J connectivity index is 1.67. The molecule has 0 aliphatic heterocycles. The minimum atomic E-state index is -1.23. The maximum atomic E-state index is 12.1. The van der Waals surface area contributed by atoms with Crippen LogP contribution in [0, 0.1) is 0 Å². The van der Waals surface area contributed by atoms with Gasteiger partial charge in [0, 0.05) is 5.69 Å². The number of carbonyl (C=O) groups excluding carboxylic acids is 1. The molecule has 7 heteroatoms. The van der Waals surface area contributed by atoms with E-state index in [0.717, 1.165) is 25.7 Å². The van der Waals surface area contributed by atoms with Crippen molar-refractivity contribution in [2.45, 2.75) is 31.8 Å². The topological polar surface area (TPSA) is 88.8 Å². The lowest BCUT2D eigenvalue weighted by molar-refractivity contribution is 0.0660. The van der Waals surface area contributed by atoms with Crippen molar-refractivity contribution < 1.29 is 23.8 Å². The van der Waals surface area contributed by atoms with Gasteiger partial charge in [-0.15, -0.1) is 0 Å². The average Bonchev–Trinajstić information content (AvgIpc) is 3.21. The third kappa shape index (κ3) is 3.71. The number of benzene rings is 1. The van der Waals surface area contributed by atoms with E-state index in [1.165, 1.54) is 12.1 Å². The highest BCUT2D eigenvalue weighted by Crippen LogP contribution is 2.31. The van der Waals surface area contributed by atoms with E-state index in [9.17, 15) is 9.59 Å². The lowest BCUT2D eigenvalue weighted by atomic mass is 10.2. The zero-order chi connectivity index (χ0) is 17.1. The van der Waals surface area contributed by atoms with Crippen molar-refractivity contribution in [3.05, 3.63) is 46.9 Å². The second kappa shape index (κ2) is 6.97. The Morgan fingerprint density at radius 2 is 1.88 bits per heavy atom. The van der Waals surface area contributed by atoms with Crippen LogP contribution in [0.15, 0.2) is 34.7 Å².